The molecule has 5 nitrogen and oxygen atoms in total. The molecule has 0 unspecified atom stereocenters. The molecular weight excluding hydrogens is 320 g/mol. The van der Waals surface area contributed by atoms with Crippen LogP contribution in [0.5, 0.6) is 0 Å². The van der Waals surface area contributed by atoms with Gasteiger partial charge in [0, 0.05) is 6.54 Å². The fourth-order valence-corrected chi connectivity index (χ4v) is 4.67. The smallest absolute Gasteiger partial charge is 0.139 e. The van der Waals surface area contributed by atoms with Crippen LogP contribution in [0.15, 0.2) is 47.1 Å². The zero-order valence-corrected chi connectivity index (χ0v) is 13.9. The van der Waals surface area contributed by atoms with E-state index >= 15 is 0 Å². The minimum absolute atomic E-state index is 0.387. The number of thiazole rings is 1. The first-order chi connectivity index (χ1) is 11.9. The molecule has 1 atom stereocenters. The summed E-state index contributed by atoms with van der Waals surface area (Å²) in [7, 11) is 0. The lowest BCUT2D eigenvalue weighted by Gasteiger charge is -2.22. The standard InChI is InChI=1S/C18H16N4OS/c1-2-9-16-13(6-1)19-18(24-16)15-8-4-10-22(15)11-12-5-3-7-14-17(12)21-23-20-14/h1-3,5-7,9,15H,4,8,10-11H2/t15-/m0/s1. The molecule has 6 heteroatoms. The maximum Gasteiger partial charge on any atom is 0.139 e. The summed E-state index contributed by atoms with van der Waals surface area (Å²) in [5, 5.41) is 9.23. The van der Waals surface area contributed by atoms with E-state index in [1.54, 1.807) is 0 Å². The Morgan fingerprint density at radius 3 is 2.96 bits per heavy atom. The summed E-state index contributed by atoms with van der Waals surface area (Å²) in [6.07, 6.45) is 2.36. The number of hydrogen-bond acceptors (Lipinski definition) is 6. The van der Waals surface area contributed by atoms with Crippen molar-refractivity contribution >= 4 is 32.6 Å². The van der Waals surface area contributed by atoms with E-state index < -0.39 is 0 Å². The lowest BCUT2D eigenvalue weighted by molar-refractivity contribution is 0.248. The molecule has 24 heavy (non-hydrogen) atoms. The van der Waals surface area contributed by atoms with Crippen molar-refractivity contribution in [2.45, 2.75) is 25.4 Å². The van der Waals surface area contributed by atoms with Crippen molar-refractivity contribution in [1.29, 1.82) is 0 Å². The number of fused-ring (bicyclic) bond motifs is 2. The Morgan fingerprint density at radius 1 is 1.08 bits per heavy atom. The largest absolute Gasteiger partial charge is 0.290 e. The molecule has 5 rings (SSSR count). The Bertz CT molecular complexity index is 975. The summed E-state index contributed by atoms with van der Waals surface area (Å²) in [5.74, 6) is 0. The van der Waals surface area contributed by atoms with Gasteiger partial charge in [0.15, 0.2) is 0 Å². The minimum atomic E-state index is 0.387. The molecule has 1 aliphatic rings. The average Bonchev–Trinajstić information content (AvgIpc) is 3.33. The van der Waals surface area contributed by atoms with E-state index in [1.165, 1.54) is 21.7 Å². The molecule has 0 bridgehead atoms. The predicted molar refractivity (Wildman–Crippen MR) is 93.8 cm³/mol. The number of nitrogens with zero attached hydrogens (tertiary/aromatic N) is 4. The fourth-order valence-electron chi connectivity index (χ4n) is 3.54. The molecule has 1 fully saturated rings. The molecule has 0 N–H and O–H groups in total. The third-order valence-corrected chi connectivity index (χ3v) is 5.84. The lowest BCUT2D eigenvalue weighted by atomic mass is 10.1. The van der Waals surface area contributed by atoms with Crippen LogP contribution in [0.3, 0.4) is 0 Å². The predicted octanol–water partition coefficient (Wildman–Crippen LogP) is 4.17. The van der Waals surface area contributed by atoms with E-state index in [0.29, 0.717) is 6.04 Å². The molecule has 1 aliphatic heterocycles. The second kappa shape index (κ2) is 5.65. The third kappa shape index (κ3) is 2.30. The zero-order chi connectivity index (χ0) is 15.9. The first-order valence-corrected chi connectivity index (χ1v) is 9.00. The van der Waals surface area contributed by atoms with Gasteiger partial charge in [0.1, 0.15) is 16.0 Å². The molecule has 0 radical (unpaired) electrons. The summed E-state index contributed by atoms with van der Waals surface area (Å²) in [5.41, 5.74) is 3.96. The highest BCUT2D eigenvalue weighted by Gasteiger charge is 2.29. The van der Waals surface area contributed by atoms with Crippen molar-refractivity contribution in [3.63, 3.8) is 0 Å². The Labute approximate surface area is 142 Å². The summed E-state index contributed by atoms with van der Waals surface area (Å²) >= 11 is 1.81. The highest BCUT2D eigenvalue weighted by Crippen LogP contribution is 2.37. The van der Waals surface area contributed by atoms with E-state index in [1.807, 2.05) is 23.5 Å². The maximum absolute atomic E-state index is 4.89. The van der Waals surface area contributed by atoms with Crippen LogP contribution in [-0.4, -0.2) is 26.7 Å². The van der Waals surface area contributed by atoms with Gasteiger partial charge in [-0.2, -0.15) is 0 Å². The molecule has 3 heterocycles. The Morgan fingerprint density at radius 2 is 2.00 bits per heavy atom. The zero-order valence-electron chi connectivity index (χ0n) is 13.1. The van der Waals surface area contributed by atoms with Gasteiger partial charge in [0.05, 0.1) is 16.3 Å². The average molecular weight is 336 g/mol. The first-order valence-electron chi connectivity index (χ1n) is 8.18. The summed E-state index contributed by atoms with van der Waals surface area (Å²) in [6.45, 7) is 1.94. The highest BCUT2D eigenvalue weighted by atomic mass is 32.1. The van der Waals surface area contributed by atoms with Gasteiger partial charge in [-0.25, -0.2) is 9.61 Å². The van der Waals surface area contributed by atoms with Gasteiger partial charge in [-0.1, -0.05) is 24.3 Å². The SMILES string of the molecule is c1ccc2sc([C@@H]3CCCN3Cc3cccc4nonc34)nc2c1. The van der Waals surface area contributed by atoms with Crippen LogP contribution in [0.4, 0.5) is 0 Å². The van der Waals surface area contributed by atoms with Crippen molar-refractivity contribution in [2.75, 3.05) is 6.54 Å². The molecule has 2 aromatic carbocycles. The molecule has 0 spiro atoms. The summed E-state index contributed by atoms with van der Waals surface area (Å²) in [6, 6.07) is 14.8. The number of rotatable bonds is 3. The highest BCUT2D eigenvalue weighted by molar-refractivity contribution is 7.18. The number of hydrogen-bond donors (Lipinski definition) is 0. The van der Waals surface area contributed by atoms with Crippen LogP contribution in [-0.2, 0) is 6.54 Å². The number of aromatic nitrogens is 3. The molecule has 0 saturated carbocycles. The molecule has 0 amide bonds. The Kier molecular flexibility index (Phi) is 3.31. The van der Waals surface area contributed by atoms with Gasteiger partial charge >= 0.3 is 0 Å². The lowest BCUT2D eigenvalue weighted by Crippen LogP contribution is -2.22. The van der Waals surface area contributed by atoms with Crippen molar-refractivity contribution < 1.29 is 4.63 Å². The van der Waals surface area contributed by atoms with Gasteiger partial charge in [0.25, 0.3) is 0 Å². The summed E-state index contributed by atoms with van der Waals surface area (Å²) in [4.78, 5) is 7.37. The third-order valence-electron chi connectivity index (χ3n) is 4.70. The van der Waals surface area contributed by atoms with E-state index in [2.05, 4.69) is 45.5 Å². The second-order valence-electron chi connectivity index (χ2n) is 6.20. The minimum Gasteiger partial charge on any atom is -0.290 e. The van der Waals surface area contributed by atoms with Crippen molar-refractivity contribution in [3.05, 3.63) is 53.0 Å². The van der Waals surface area contributed by atoms with E-state index in [0.717, 1.165) is 36.1 Å². The van der Waals surface area contributed by atoms with Crippen molar-refractivity contribution in [2.24, 2.45) is 0 Å². The normalized spacial score (nSPS) is 18.8. The molecule has 0 aliphatic carbocycles. The van der Waals surface area contributed by atoms with Crippen molar-refractivity contribution in [1.82, 2.24) is 20.2 Å². The van der Waals surface area contributed by atoms with Crippen LogP contribution in [0.2, 0.25) is 0 Å². The van der Waals surface area contributed by atoms with Gasteiger partial charge in [-0.15, -0.1) is 11.3 Å². The topological polar surface area (TPSA) is 55.1 Å². The fraction of sp³-hybridized carbons (Fsp3) is 0.278. The Hall–Kier alpha value is -2.31. The quantitative estimate of drug-likeness (QED) is 0.562. The number of benzene rings is 2. The Balaban J connectivity index is 1.48. The van der Waals surface area contributed by atoms with Gasteiger partial charge in [-0.3, -0.25) is 4.90 Å². The van der Waals surface area contributed by atoms with Crippen LogP contribution >= 0.6 is 11.3 Å². The monoisotopic (exact) mass is 336 g/mol. The molecule has 4 aromatic rings. The molecule has 1 saturated heterocycles. The van der Waals surface area contributed by atoms with E-state index in [9.17, 15) is 0 Å². The van der Waals surface area contributed by atoms with Crippen LogP contribution < -0.4 is 0 Å². The van der Waals surface area contributed by atoms with Gasteiger partial charge in [-0.05, 0) is 53.5 Å². The second-order valence-corrected chi connectivity index (χ2v) is 7.26. The van der Waals surface area contributed by atoms with E-state index in [-0.39, 0.29) is 0 Å². The number of likely N-dealkylation sites (tertiary alicyclic amines) is 1. The molecule has 120 valence electrons. The van der Waals surface area contributed by atoms with Crippen LogP contribution in [0.1, 0.15) is 29.5 Å². The summed E-state index contributed by atoms with van der Waals surface area (Å²) < 4.78 is 6.16. The maximum atomic E-state index is 4.89. The molecule has 2 aromatic heterocycles. The van der Waals surface area contributed by atoms with Crippen molar-refractivity contribution in [3.8, 4) is 0 Å². The van der Waals surface area contributed by atoms with Gasteiger partial charge in [0.2, 0.25) is 0 Å². The van der Waals surface area contributed by atoms with Gasteiger partial charge < -0.3 is 0 Å². The number of para-hydroxylation sites is 1. The van der Waals surface area contributed by atoms with E-state index in [4.69, 9.17) is 9.61 Å². The molecular formula is C18H16N4OS. The first kappa shape index (κ1) is 14.1. The van der Waals surface area contributed by atoms with Crippen LogP contribution in [0, 0.1) is 0 Å². The van der Waals surface area contributed by atoms with Crippen LogP contribution in [0.25, 0.3) is 21.3 Å².